The van der Waals surface area contributed by atoms with Gasteiger partial charge in [0.1, 0.15) is 5.60 Å². The molecule has 0 aliphatic heterocycles. The topological polar surface area (TPSA) is 31.2 Å². The molecule has 1 aromatic heterocycles. The number of aromatic nitrogens is 1. The molecule has 0 N–H and O–H groups in total. The Morgan fingerprint density at radius 1 is 0.963 bits per heavy atom. The molecule has 2 atom stereocenters. The first-order chi connectivity index (χ1) is 12.7. The molecule has 0 radical (unpaired) electrons. The molecule has 3 rings (SSSR count). The van der Waals surface area contributed by atoms with E-state index in [1.165, 1.54) is 21.8 Å². The number of esters is 1. The van der Waals surface area contributed by atoms with Crippen LogP contribution in [0.1, 0.15) is 60.4 Å². The normalized spacial score (nSPS) is 15.6. The monoisotopic (exact) mass is 365 g/mol. The fourth-order valence-corrected chi connectivity index (χ4v) is 3.94. The molecule has 0 fully saturated rings. The number of fused-ring (bicyclic) bond motifs is 3. The highest BCUT2D eigenvalue weighted by atomic mass is 16.6. The van der Waals surface area contributed by atoms with Crippen molar-refractivity contribution in [2.75, 3.05) is 0 Å². The fraction of sp³-hybridized carbons (Fsp3) is 0.458. The highest BCUT2D eigenvalue weighted by molar-refractivity contribution is 6.08. The van der Waals surface area contributed by atoms with Crippen molar-refractivity contribution in [1.82, 2.24) is 4.57 Å². The summed E-state index contributed by atoms with van der Waals surface area (Å²) in [6.07, 6.45) is 1.49. The third-order valence-corrected chi connectivity index (χ3v) is 5.48. The summed E-state index contributed by atoms with van der Waals surface area (Å²) in [5, 5.41) is 2.52. The predicted molar refractivity (Wildman–Crippen MR) is 113 cm³/mol. The second kappa shape index (κ2) is 7.03. The van der Waals surface area contributed by atoms with E-state index in [2.05, 4.69) is 66.9 Å². The van der Waals surface area contributed by atoms with E-state index in [1.807, 2.05) is 27.7 Å². The molecule has 27 heavy (non-hydrogen) atoms. The Morgan fingerprint density at radius 3 is 1.89 bits per heavy atom. The number of para-hydroxylation sites is 2. The Kier molecular flexibility index (Phi) is 5.07. The van der Waals surface area contributed by atoms with Crippen LogP contribution in [-0.4, -0.2) is 16.1 Å². The largest absolute Gasteiger partial charge is 0.460 e. The van der Waals surface area contributed by atoms with E-state index in [-0.39, 0.29) is 12.0 Å². The Hall–Kier alpha value is -2.29. The molecule has 2 aromatic carbocycles. The lowest BCUT2D eigenvalue weighted by molar-refractivity contribution is -0.167. The van der Waals surface area contributed by atoms with Crippen molar-refractivity contribution in [2.24, 2.45) is 5.41 Å². The van der Waals surface area contributed by atoms with Crippen molar-refractivity contribution in [2.45, 2.75) is 66.0 Å². The van der Waals surface area contributed by atoms with Gasteiger partial charge in [0.25, 0.3) is 0 Å². The number of ether oxygens (including phenoxy) is 1. The number of carbonyl (C=O) groups is 1. The molecule has 0 saturated carbocycles. The van der Waals surface area contributed by atoms with Gasteiger partial charge in [-0.1, -0.05) is 43.3 Å². The lowest BCUT2D eigenvalue weighted by atomic mass is 9.81. The Morgan fingerprint density at radius 2 is 1.44 bits per heavy atom. The van der Waals surface area contributed by atoms with E-state index < -0.39 is 11.0 Å². The third-order valence-electron chi connectivity index (χ3n) is 5.48. The molecule has 0 amide bonds. The van der Waals surface area contributed by atoms with E-state index >= 15 is 0 Å². The Balaban J connectivity index is 2.02. The average Bonchev–Trinajstić information content (AvgIpc) is 2.94. The molecule has 3 heteroatoms. The smallest absolute Gasteiger partial charge is 0.312 e. The Labute approximate surface area is 162 Å². The van der Waals surface area contributed by atoms with Gasteiger partial charge in [-0.2, -0.15) is 0 Å². The first-order valence-corrected chi connectivity index (χ1v) is 9.87. The highest BCUT2D eigenvalue weighted by Crippen LogP contribution is 2.39. The van der Waals surface area contributed by atoms with Crippen molar-refractivity contribution in [1.29, 1.82) is 0 Å². The lowest BCUT2D eigenvalue weighted by Gasteiger charge is -2.33. The standard InChI is InChI=1S/C24H31NO2/c1-7-24(6,22(26)27-23(3,4)5)16-17(2)25-20-14-10-8-12-18(20)19-13-9-11-15-21(19)25/h8-15,17H,7,16H2,1-6H3. The minimum absolute atomic E-state index is 0.106. The van der Waals surface area contributed by atoms with Crippen molar-refractivity contribution < 1.29 is 9.53 Å². The van der Waals surface area contributed by atoms with Gasteiger partial charge in [0, 0.05) is 27.8 Å². The summed E-state index contributed by atoms with van der Waals surface area (Å²) in [4.78, 5) is 12.9. The first kappa shape index (κ1) is 19.5. The van der Waals surface area contributed by atoms with Gasteiger partial charge >= 0.3 is 5.97 Å². The van der Waals surface area contributed by atoms with Gasteiger partial charge in [-0.15, -0.1) is 0 Å². The van der Waals surface area contributed by atoms with E-state index in [0.717, 1.165) is 12.8 Å². The van der Waals surface area contributed by atoms with E-state index in [4.69, 9.17) is 4.74 Å². The highest BCUT2D eigenvalue weighted by Gasteiger charge is 2.37. The van der Waals surface area contributed by atoms with Crippen LogP contribution < -0.4 is 0 Å². The molecular formula is C24H31NO2. The van der Waals surface area contributed by atoms with E-state index in [0.29, 0.717) is 0 Å². The number of hydrogen-bond donors (Lipinski definition) is 0. The molecule has 0 aliphatic rings. The van der Waals surface area contributed by atoms with Crippen LogP contribution in [0.3, 0.4) is 0 Å². The van der Waals surface area contributed by atoms with Crippen molar-refractivity contribution in [3.63, 3.8) is 0 Å². The van der Waals surface area contributed by atoms with Gasteiger partial charge in [-0.3, -0.25) is 4.79 Å². The van der Waals surface area contributed by atoms with Crippen molar-refractivity contribution in [3.8, 4) is 0 Å². The summed E-state index contributed by atoms with van der Waals surface area (Å²) in [6.45, 7) is 12.1. The molecule has 0 spiro atoms. The second-order valence-corrected chi connectivity index (χ2v) is 8.87. The van der Waals surface area contributed by atoms with Gasteiger partial charge in [-0.05, 0) is 59.6 Å². The zero-order chi connectivity index (χ0) is 19.8. The molecule has 0 bridgehead atoms. The van der Waals surface area contributed by atoms with Crippen molar-refractivity contribution in [3.05, 3.63) is 48.5 Å². The van der Waals surface area contributed by atoms with Crippen LogP contribution in [0.2, 0.25) is 0 Å². The van der Waals surface area contributed by atoms with Gasteiger partial charge in [0.2, 0.25) is 0 Å². The van der Waals surface area contributed by atoms with Crippen LogP contribution in [0, 0.1) is 5.41 Å². The number of hydrogen-bond acceptors (Lipinski definition) is 2. The van der Waals surface area contributed by atoms with Crippen LogP contribution in [-0.2, 0) is 9.53 Å². The quantitative estimate of drug-likeness (QED) is 0.483. The number of nitrogens with zero attached hydrogens (tertiary/aromatic N) is 1. The summed E-state index contributed by atoms with van der Waals surface area (Å²) in [6, 6.07) is 17.2. The number of carbonyl (C=O) groups excluding carboxylic acids is 1. The third kappa shape index (κ3) is 3.73. The van der Waals surface area contributed by atoms with Crippen molar-refractivity contribution >= 4 is 27.8 Å². The summed E-state index contributed by atoms with van der Waals surface area (Å²) < 4.78 is 8.12. The molecule has 2 unspecified atom stereocenters. The summed E-state index contributed by atoms with van der Waals surface area (Å²) >= 11 is 0. The summed E-state index contributed by atoms with van der Waals surface area (Å²) in [5.74, 6) is -0.106. The molecule has 0 aliphatic carbocycles. The van der Waals surface area contributed by atoms with Crippen LogP contribution in [0.5, 0.6) is 0 Å². The minimum Gasteiger partial charge on any atom is -0.460 e. The van der Waals surface area contributed by atoms with Gasteiger partial charge < -0.3 is 9.30 Å². The zero-order valence-corrected chi connectivity index (χ0v) is 17.4. The maximum Gasteiger partial charge on any atom is 0.312 e. The number of benzene rings is 2. The molecule has 0 saturated heterocycles. The van der Waals surface area contributed by atoms with Gasteiger partial charge in [-0.25, -0.2) is 0 Å². The predicted octanol–water partition coefficient (Wildman–Crippen LogP) is 6.50. The number of rotatable bonds is 5. The van der Waals surface area contributed by atoms with Crippen LogP contribution in [0.4, 0.5) is 0 Å². The summed E-state index contributed by atoms with van der Waals surface area (Å²) in [7, 11) is 0. The second-order valence-electron chi connectivity index (χ2n) is 8.87. The maximum absolute atomic E-state index is 12.9. The van der Waals surface area contributed by atoms with Gasteiger partial charge in [0.15, 0.2) is 0 Å². The van der Waals surface area contributed by atoms with Crippen LogP contribution >= 0.6 is 0 Å². The van der Waals surface area contributed by atoms with Crippen LogP contribution in [0.25, 0.3) is 21.8 Å². The van der Waals surface area contributed by atoms with Crippen LogP contribution in [0.15, 0.2) is 48.5 Å². The minimum atomic E-state index is -0.515. The molecule has 3 aromatic rings. The van der Waals surface area contributed by atoms with Gasteiger partial charge in [0.05, 0.1) is 5.41 Å². The lowest BCUT2D eigenvalue weighted by Crippen LogP contribution is -2.36. The summed E-state index contributed by atoms with van der Waals surface area (Å²) in [5.41, 5.74) is 1.45. The average molecular weight is 366 g/mol. The maximum atomic E-state index is 12.9. The van der Waals surface area contributed by atoms with E-state index in [1.54, 1.807) is 0 Å². The fourth-order valence-electron chi connectivity index (χ4n) is 3.94. The zero-order valence-electron chi connectivity index (χ0n) is 17.4. The molecule has 144 valence electrons. The van der Waals surface area contributed by atoms with E-state index in [9.17, 15) is 4.79 Å². The molecular weight excluding hydrogens is 334 g/mol. The molecule has 3 nitrogen and oxygen atoms in total. The SMILES string of the molecule is CCC(C)(CC(C)n1c2ccccc2c2ccccc21)C(=O)OC(C)(C)C. The molecule has 1 heterocycles. The Bertz CT molecular complexity index is 910. The first-order valence-electron chi connectivity index (χ1n) is 9.87.